The van der Waals surface area contributed by atoms with Crippen LogP contribution >= 0.6 is 0 Å². The van der Waals surface area contributed by atoms with E-state index < -0.39 is 17.9 Å². The van der Waals surface area contributed by atoms with E-state index >= 15 is 0 Å². The van der Waals surface area contributed by atoms with Crippen LogP contribution in [0.1, 0.15) is 39.9 Å². The van der Waals surface area contributed by atoms with E-state index in [1.807, 2.05) is 12.1 Å². The summed E-state index contributed by atoms with van der Waals surface area (Å²) >= 11 is 0. The van der Waals surface area contributed by atoms with Crippen molar-refractivity contribution in [2.45, 2.75) is 37.9 Å². The largest absolute Gasteiger partial charge is 0.380 e. The molecular weight excluding hydrogens is 438 g/mol. The van der Waals surface area contributed by atoms with Gasteiger partial charge in [0.2, 0.25) is 0 Å². The maximum Gasteiger partial charge on any atom is 0.281 e. The van der Waals surface area contributed by atoms with Gasteiger partial charge in [-0.2, -0.15) is 0 Å². The Bertz CT molecular complexity index is 1050. The molecule has 1 amide bonds. The molecule has 0 radical (unpaired) electrons. The maximum atomic E-state index is 13.0. The van der Waals surface area contributed by atoms with Gasteiger partial charge in [0.05, 0.1) is 30.4 Å². The smallest absolute Gasteiger partial charge is 0.281 e. The molecule has 2 heterocycles. The highest BCUT2D eigenvalue weighted by Gasteiger charge is 2.52. The van der Waals surface area contributed by atoms with Crippen molar-refractivity contribution in [1.29, 1.82) is 0 Å². The molecule has 2 aliphatic rings. The highest BCUT2D eigenvalue weighted by atomic mass is 16.5. The second-order valence-corrected chi connectivity index (χ2v) is 8.55. The van der Waals surface area contributed by atoms with Crippen LogP contribution in [0.3, 0.4) is 0 Å². The number of anilines is 1. The summed E-state index contributed by atoms with van der Waals surface area (Å²) in [4.78, 5) is 38.4. The third-order valence-electron chi connectivity index (χ3n) is 6.24. The topological polar surface area (TPSA) is 119 Å². The van der Waals surface area contributed by atoms with Crippen molar-refractivity contribution in [3.8, 4) is 0 Å². The van der Waals surface area contributed by atoms with Gasteiger partial charge in [-0.15, -0.1) is 0 Å². The minimum absolute atomic E-state index is 0.00224. The number of nitrogens with zero attached hydrogens (tertiary/aromatic N) is 2. The number of carbonyl (C=O) groups excluding carboxylic acids is 3. The zero-order valence-electron chi connectivity index (χ0n) is 18.9. The Morgan fingerprint density at radius 1 is 1.09 bits per heavy atom. The quantitative estimate of drug-likeness (QED) is 0.353. The van der Waals surface area contributed by atoms with E-state index in [2.05, 4.69) is 22.3 Å². The van der Waals surface area contributed by atoms with E-state index in [0.29, 0.717) is 24.8 Å². The van der Waals surface area contributed by atoms with Crippen LogP contribution in [0.25, 0.3) is 0 Å². The number of benzene rings is 2. The van der Waals surface area contributed by atoms with E-state index in [1.165, 1.54) is 11.6 Å². The Balaban J connectivity index is 1.52. The van der Waals surface area contributed by atoms with Crippen molar-refractivity contribution in [2.24, 2.45) is 0 Å². The van der Waals surface area contributed by atoms with E-state index in [9.17, 15) is 24.6 Å². The lowest BCUT2D eigenvalue weighted by Gasteiger charge is -2.33. The molecule has 2 aliphatic heterocycles. The zero-order chi connectivity index (χ0) is 24.1. The summed E-state index contributed by atoms with van der Waals surface area (Å²) in [5.41, 5.74) is 2.67. The predicted octanol–water partition coefficient (Wildman–Crippen LogP) is 1.23. The number of rotatable bonds is 10. The summed E-state index contributed by atoms with van der Waals surface area (Å²) in [6.45, 7) is 4.49. The summed E-state index contributed by atoms with van der Waals surface area (Å²) < 4.78 is 5.40. The number of hydrogen-bond donors (Lipinski definition) is 3. The van der Waals surface area contributed by atoms with Crippen LogP contribution in [0, 0.1) is 0 Å². The first-order chi connectivity index (χ1) is 16.5. The molecule has 0 aliphatic carbocycles. The molecule has 34 heavy (non-hydrogen) atoms. The van der Waals surface area contributed by atoms with Crippen LogP contribution in [-0.2, 0) is 33.3 Å². The summed E-state index contributed by atoms with van der Waals surface area (Å²) in [6, 6.07) is 11.8. The Hall–Kier alpha value is -3.11. The number of fused-ring (bicyclic) bond motifs is 1. The first-order valence-electron chi connectivity index (χ1n) is 11.4. The highest BCUT2D eigenvalue weighted by molar-refractivity contribution is 6.02. The molecule has 0 aromatic heterocycles. The number of amides is 1. The third-order valence-corrected chi connectivity index (χ3v) is 6.24. The second-order valence-electron chi connectivity index (χ2n) is 8.55. The average molecular weight is 468 g/mol. The van der Waals surface area contributed by atoms with Gasteiger partial charge < -0.3 is 29.9 Å². The Morgan fingerprint density at radius 2 is 1.82 bits per heavy atom. The van der Waals surface area contributed by atoms with Gasteiger partial charge in [-0.3, -0.25) is 14.6 Å². The van der Waals surface area contributed by atoms with Crippen molar-refractivity contribution in [3.05, 3.63) is 64.7 Å². The number of ether oxygens (including phenoxy) is 1. The summed E-state index contributed by atoms with van der Waals surface area (Å²) in [6.07, 6.45) is 1.11. The van der Waals surface area contributed by atoms with Crippen molar-refractivity contribution in [3.63, 3.8) is 0 Å². The van der Waals surface area contributed by atoms with Gasteiger partial charge in [0.15, 0.2) is 0 Å². The molecule has 1 unspecified atom stereocenters. The van der Waals surface area contributed by atoms with E-state index in [4.69, 9.17) is 4.74 Å². The van der Waals surface area contributed by atoms with Crippen LogP contribution < -0.4 is 5.32 Å². The number of nitrogens with one attached hydrogen (secondary N) is 1. The number of morpholine rings is 1. The summed E-state index contributed by atoms with van der Waals surface area (Å²) in [5, 5.41) is 25.1. The lowest BCUT2D eigenvalue weighted by atomic mass is 10.0. The molecule has 1 saturated heterocycles. The monoisotopic (exact) mass is 467 g/mol. The van der Waals surface area contributed by atoms with Crippen molar-refractivity contribution in [2.75, 3.05) is 31.6 Å². The Kier molecular flexibility index (Phi) is 7.38. The fourth-order valence-corrected chi connectivity index (χ4v) is 4.56. The summed E-state index contributed by atoms with van der Waals surface area (Å²) in [5.74, 6) is -3.35. The van der Waals surface area contributed by atoms with Crippen LogP contribution in [0.2, 0.25) is 0 Å². The van der Waals surface area contributed by atoms with E-state index in [1.54, 1.807) is 12.1 Å². The third kappa shape index (κ3) is 4.88. The Labute approximate surface area is 197 Å². The van der Waals surface area contributed by atoms with Crippen molar-refractivity contribution in [1.82, 2.24) is 9.80 Å². The van der Waals surface area contributed by atoms with Gasteiger partial charge in [0, 0.05) is 38.3 Å². The van der Waals surface area contributed by atoms with Crippen LogP contribution in [0.15, 0.2) is 42.5 Å². The minimum atomic E-state index is -2.68. The number of aliphatic hydroxyl groups is 2. The van der Waals surface area contributed by atoms with Crippen LogP contribution in [0.4, 0.5) is 5.69 Å². The molecule has 2 aromatic carbocycles. The van der Waals surface area contributed by atoms with Gasteiger partial charge in [-0.05, 0) is 29.7 Å². The standard InChI is InChI=1S/C25H29N3O6/c29-11-3-6-20(17-30)28-24(31)21-7-2-8-22(23(21)25(28,32)33)26-15-18-4-1-5-19(14-18)16-27-9-12-34-13-10-27/h1-2,4-5,7-8,11,14,17,20,26,32-33H,3,6,9-10,12-13,15-16H2. The number of aldehydes is 2. The average Bonchev–Trinajstić information content (AvgIpc) is 3.05. The zero-order valence-corrected chi connectivity index (χ0v) is 18.9. The molecular formula is C25H29N3O6. The maximum absolute atomic E-state index is 13.0. The molecule has 180 valence electrons. The molecule has 4 rings (SSSR count). The van der Waals surface area contributed by atoms with Crippen LogP contribution in [0.5, 0.6) is 0 Å². The fraction of sp³-hybridized carbons (Fsp3) is 0.400. The SMILES string of the molecule is O=CCCC(C=O)N1C(=O)c2cccc(NCc3cccc(CN4CCOCC4)c3)c2C1(O)O. The first-order valence-corrected chi connectivity index (χ1v) is 11.4. The molecule has 0 saturated carbocycles. The molecule has 1 fully saturated rings. The lowest BCUT2D eigenvalue weighted by Crippen LogP contribution is -2.50. The number of hydrogen-bond acceptors (Lipinski definition) is 8. The van der Waals surface area contributed by atoms with Gasteiger partial charge in [0.1, 0.15) is 12.6 Å². The second kappa shape index (κ2) is 10.4. The fourth-order valence-electron chi connectivity index (χ4n) is 4.56. The van der Waals surface area contributed by atoms with Crippen molar-refractivity contribution < 1.29 is 29.3 Å². The number of carbonyl (C=O) groups is 3. The molecule has 0 spiro atoms. The van der Waals surface area contributed by atoms with E-state index in [0.717, 1.165) is 43.3 Å². The Morgan fingerprint density at radius 3 is 2.56 bits per heavy atom. The molecule has 9 heteroatoms. The minimum Gasteiger partial charge on any atom is -0.380 e. The lowest BCUT2D eigenvalue weighted by molar-refractivity contribution is -0.256. The van der Waals surface area contributed by atoms with Crippen molar-refractivity contribution >= 4 is 24.2 Å². The van der Waals surface area contributed by atoms with E-state index in [-0.39, 0.29) is 24.0 Å². The first kappa shape index (κ1) is 24.0. The van der Waals surface area contributed by atoms with Gasteiger partial charge in [-0.25, -0.2) is 0 Å². The van der Waals surface area contributed by atoms with Gasteiger partial charge in [-0.1, -0.05) is 30.3 Å². The predicted molar refractivity (Wildman–Crippen MR) is 124 cm³/mol. The molecule has 2 aromatic rings. The molecule has 9 nitrogen and oxygen atoms in total. The van der Waals surface area contributed by atoms with Gasteiger partial charge >= 0.3 is 0 Å². The molecule has 3 N–H and O–H groups in total. The molecule has 0 bridgehead atoms. The normalized spacial score (nSPS) is 18.4. The summed E-state index contributed by atoms with van der Waals surface area (Å²) in [7, 11) is 0. The van der Waals surface area contributed by atoms with Gasteiger partial charge in [0.25, 0.3) is 11.8 Å². The highest BCUT2D eigenvalue weighted by Crippen LogP contribution is 2.41. The van der Waals surface area contributed by atoms with Crippen LogP contribution in [-0.4, -0.2) is 70.8 Å². The molecule has 1 atom stereocenters.